The Balaban J connectivity index is 1.83. The fourth-order valence-electron chi connectivity index (χ4n) is 2.95. The molecule has 3 unspecified atom stereocenters. The Labute approximate surface area is 106 Å². The molecule has 0 bridgehead atoms. The first-order chi connectivity index (χ1) is 8.76. The van der Waals surface area contributed by atoms with Gasteiger partial charge in [0.15, 0.2) is 5.79 Å². The Kier molecular flexibility index (Phi) is 3.11. The Morgan fingerprint density at radius 1 is 1.17 bits per heavy atom. The zero-order chi connectivity index (χ0) is 12.6. The molecule has 1 aromatic carbocycles. The van der Waals surface area contributed by atoms with Gasteiger partial charge in [0.2, 0.25) is 0 Å². The zero-order valence-corrected chi connectivity index (χ0v) is 10.2. The largest absolute Gasteiger partial charge is 0.396 e. The quantitative estimate of drug-likeness (QED) is 0.817. The normalized spacial score (nSPS) is 34.8. The van der Waals surface area contributed by atoms with Crippen LogP contribution in [-0.4, -0.2) is 35.3 Å². The van der Waals surface area contributed by atoms with E-state index in [1.165, 1.54) is 11.1 Å². The van der Waals surface area contributed by atoms with Gasteiger partial charge < -0.3 is 19.7 Å². The fourth-order valence-corrected chi connectivity index (χ4v) is 2.95. The molecule has 0 aliphatic carbocycles. The van der Waals surface area contributed by atoms with Gasteiger partial charge in [-0.15, -0.1) is 0 Å². The lowest BCUT2D eigenvalue weighted by Gasteiger charge is -2.34. The minimum absolute atomic E-state index is 0.0258. The summed E-state index contributed by atoms with van der Waals surface area (Å²) in [6.07, 6.45) is 1.01. The van der Waals surface area contributed by atoms with Crippen LogP contribution in [0.25, 0.3) is 0 Å². The molecule has 0 saturated carbocycles. The van der Waals surface area contributed by atoms with Crippen LogP contribution < -0.4 is 0 Å². The molecule has 1 aromatic rings. The predicted molar refractivity (Wildman–Crippen MR) is 64.8 cm³/mol. The molecule has 2 N–H and O–H groups in total. The van der Waals surface area contributed by atoms with Gasteiger partial charge in [-0.2, -0.15) is 0 Å². The fraction of sp³-hybridized carbons (Fsp3) is 0.571. The van der Waals surface area contributed by atoms with Gasteiger partial charge in [-0.05, 0) is 11.1 Å². The van der Waals surface area contributed by atoms with Gasteiger partial charge in [0, 0.05) is 25.4 Å². The summed E-state index contributed by atoms with van der Waals surface area (Å²) in [5.74, 6) is -0.699. The third-order valence-electron chi connectivity index (χ3n) is 3.95. The smallest absolute Gasteiger partial charge is 0.173 e. The highest BCUT2D eigenvalue weighted by molar-refractivity contribution is 5.29. The van der Waals surface area contributed by atoms with Crippen LogP contribution in [0.1, 0.15) is 17.5 Å². The topological polar surface area (TPSA) is 58.9 Å². The SMILES string of the molecule is OCC1CC2(Cc3ccccc3CO2)OC1CO. The Hall–Kier alpha value is -0.940. The van der Waals surface area contributed by atoms with E-state index in [9.17, 15) is 10.2 Å². The molecular weight excluding hydrogens is 232 g/mol. The maximum Gasteiger partial charge on any atom is 0.173 e. The molecule has 1 saturated heterocycles. The second-order valence-electron chi connectivity index (χ2n) is 5.13. The minimum atomic E-state index is -0.658. The monoisotopic (exact) mass is 250 g/mol. The Morgan fingerprint density at radius 3 is 2.61 bits per heavy atom. The van der Waals surface area contributed by atoms with Crippen LogP contribution in [-0.2, 0) is 22.5 Å². The number of hydrogen-bond acceptors (Lipinski definition) is 4. The van der Waals surface area contributed by atoms with Crippen LogP contribution >= 0.6 is 0 Å². The van der Waals surface area contributed by atoms with Crippen LogP contribution in [0.5, 0.6) is 0 Å². The summed E-state index contributed by atoms with van der Waals surface area (Å²) in [6.45, 7) is 0.489. The third-order valence-corrected chi connectivity index (χ3v) is 3.95. The van der Waals surface area contributed by atoms with Crippen molar-refractivity contribution in [3.63, 3.8) is 0 Å². The van der Waals surface area contributed by atoms with Crippen LogP contribution in [0.3, 0.4) is 0 Å². The third kappa shape index (κ3) is 1.95. The van der Waals surface area contributed by atoms with Crippen molar-refractivity contribution >= 4 is 0 Å². The van der Waals surface area contributed by atoms with E-state index in [4.69, 9.17) is 9.47 Å². The van der Waals surface area contributed by atoms with Crippen molar-refractivity contribution in [3.05, 3.63) is 35.4 Å². The Morgan fingerprint density at radius 2 is 1.94 bits per heavy atom. The molecule has 0 radical (unpaired) electrons. The van der Waals surface area contributed by atoms with E-state index in [1.807, 2.05) is 12.1 Å². The van der Waals surface area contributed by atoms with Gasteiger partial charge in [0.25, 0.3) is 0 Å². The molecule has 1 fully saturated rings. The maximum absolute atomic E-state index is 9.33. The van der Waals surface area contributed by atoms with Gasteiger partial charge in [0.05, 0.1) is 19.3 Å². The van der Waals surface area contributed by atoms with Crippen molar-refractivity contribution in [1.82, 2.24) is 0 Å². The van der Waals surface area contributed by atoms with E-state index in [-0.39, 0.29) is 25.2 Å². The van der Waals surface area contributed by atoms with Gasteiger partial charge in [-0.1, -0.05) is 24.3 Å². The van der Waals surface area contributed by atoms with E-state index in [0.717, 1.165) is 0 Å². The molecule has 98 valence electrons. The summed E-state index contributed by atoms with van der Waals surface area (Å²) in [7, 11) is 0. The van der Waals surface area contributed by atoms with Gasteiger partial charge in [-0.25, -0.2) is 0 Å². The summed E-state index contributed by atoms with van der Waals surface area (Å²) in [4.78, 5) is 0. The molecule has 0 aromatic heterocycles. The molecule has 2 aliphatic rings. The lowest BCUT2D eigenvalue weighted by atomic mass is 9.91. The zero-order valence-electron chi connectivity index (χ0n) is 10.2. The highest BCUT2D eigenvalue weighted by Crippen LogP contribution is 2.41. The molecule has 4 heteroatoms. The summed E-state index contributed by atoms with van der Waals surface area (Å²) < 4.78 is 11.7. The second kappa shape index (κ2) is 4.63. The summed E-state index contributed by atoms with van der Waals surface area (Å²) >= 11 is 0. The van der Waals surface area contributed by atoms with E-state index < -0.39 is 5.79 Å². The molecule has 1 spiro atoms. The van der Waals surface area contributed by atoms with Crippen LogP contribution in [0.4, 0.5) is 0 Å². The standard InChI is InChI=1S/C14H18O4/c15-7-12-6-14(18-13(12)8-16)5-10-3-1-2-4-11(10)9-17-14/h1-4,12-13,15-16H,5-9H2. The van der Waals surface area contributed by atoms with Gasteiger partial charge >= 0.3 is 0 Å². The lowest BCUT2D eigenvalue weighted by Crippen LogP contribution is -2.39. The number of ether oxygens (including phenoxy) is 2. The predicted octanol–water partition coefficient (Wildman–Crippen LogP) is 0.845. The van der Waals surface area contributed by atoms with Gasteiger partial charge in [0.1, 0.15) is 0 Å². The summed E-state index contributed by atoms with van der Waals surface area (Å²) in [5.41, 5.74) is 2.43. The van der Waals surface area contributed by atoms with Crippen LogP contribution in [0, 0.1) is 5.92 Å². The molecule has 0 amide bonds. The molecular formula is C14H18O4. The first kappa shape index (κ1) is 12.1. The van der Waals surface area contributed by atoms with E-state index in [0.29, 0.717) is 19.4 Å². The number of fused-ring (bicyclic) bond motifs is 1. The van der Waals surface area contributed by atoms with E-state index >= 15 is 0 Å². The van der Waals surface area contributed by atoms with E-state index in [2.05, 4.69) is 12.1 Å². The molecule has 2 aliphatic heterocycles. The number of benzene rings is 1. The van der Waals surface area contributed by atoms with Crippen molar-refractivity contribution in [2.45, 2.75) is 31.3 Å². The number of aliphatic hydroxyl groups excluding tert-OH is 2. The second-order valence-corrected chi connectivity index (χ2v) is 5.13. The van der Waals surface area contributed by atoms with E-state index in [1.54, 1.807) is 0 Å². The average Bonchev–Trinajstić information content (AvgIpc) is 2.76. The van der Waals surface area contributed by atoms with Crippen LogP contribution in [0.2, 0.25) is 0 Å². The van der Waals surface area contributed by atoms with Crippen molar-refractivity contribution in [2.24, 2.45) is 5.92 Å². The Bertz CT molecular complexity index is 420. The molecule has 4 nitrogen and oxygen atoms in total. The summed E-state index contributed by atoms with van der Waals surface area (Å²) in [5, 5.41) is 18.6. The van der Waals surface area contributed by atoms with Crippen molar-refractivity contribution in [3.8, 4) is 0 Å². The number of aliphatic hydroxyl groups is 2. The lowest BCUT2D eigenvalue weighted by molar-refractivity contribution is -0.242. The highest BCUT2D eigenvalue weighted by Gasteiger charge is 2.48. The van der Waals surface area contributed by atoms with Gasteiger partial charge in [-0.3, -0.25) is 0 Å². The first-order valence-corrected chi connectivity index (χ1v) is 6.36. The first-order valence-electron chi connectivity index (χ1n) is 6.36. The molecule has 18 heavy (non-hydrogen) atoms. The molecule has 3 atom stereocenters. The van der Waals surface area contributed by atoms with Crippen molar-refractivity contribution in [1.29, 1.82) is 0 Å². The average molecular weight is 250 g/mol. The van der Waals surface area contributed by atoms with Crippen LogP contribution in [0.15, 0.2) is 24.3 Å². The molecule has 3 rings (SSSR count). The maximum atomic E-state index is 9.33. The summed E-state index contributed by atoms with van der Waals surface area (Å²) in [6, 6.07) is 8.16. The number of rotatable bonds is 2. The highest BCUT2D eigenvalue weighted by atomic mass is 16.7. The van der Waals surface area contributed by atoms with Crippen molar-refractivity contribution in [2.75, 3.05) is 13.2 Å². The molecule has 2 heterocycles. The minimum Gasteiger partial charge on any atom is -0.396 e. The van der Waals surface area contributed by atoms with Crippen molar-refractivity contribution < 1.29 is 19.7 Å². The number of hydrogen-bond donors (Lipinski definition) is 2.